The Labute approximate surface area is 182 Å². The number of ether oxygens (including phenoxy) is 2. The molecule has 1 fully saturated rings. The molecule has 1 aliphatic rings. The van der Waals surface area contributed by atoms with E-state index in [1.165, 1.54) is 18.2 Å². The highest BCUT2D eigenvalue weighted by atomic mass is 19.2. The van der Waals surface area contributed by atoms with E-state index in [0.29, 0.717) is 30.8 Å². The minimum absolute atomic E-state index is 0.0374. The molecule has 6 heteroatoms. The first kappa shape index (κ1) is 23.5. The fourth-order valence-corrected chi connectivity index (χ4v) is 4.29. The zero-order chi connectivity index (χ0) is 22.4. The van der Waals surface area contributed by atoms with Crippen molar-refractivity contribution < 1.29 is 27.8 Å². The van der Waals surface area contributed by atoms with Crippen molar-refractivity contribution in [2.45, 2.75) is 64.4 Å². The molecule has 1 saturated carbocycles. The van der Waals surface area contributed by atoms with Crippen LogP contribution in [0.4, 0.5) is 13.2 Å². The first-order valence-electron chi connectivity index (χ1n) is 11.2. The van der Waals surface area contributed by atoms with Crippen LogP contribution in [0.5, 0.6) is 11.5 Å². The number of rotatable bonds is 9. The van der Waals surface area contributed by atoms with Gasteiger partial charge in [-0.05, 0) is 74.6 Å². The third-order valence-electron chi connectivity index (χ3n) is 6.04. The van der Waals surface area contributed by atoms with E-state index in [0.717, 1.165) is 25.7 Å². The zero-order valence-electron chi connectivity index (χ0n) is 18.2. The Morgan fingerprint density at radius 1 is 0.968 bits per heavy atom. The Hall–Kier alpha value is -2.21. The monoisotopic (exact) mass is 436 g/mol. The Morgan fingerprint density at radius 2 is 1.71 bits per heavy atom. The molecule has 3 nitrogen and oxygen atoms in total. The Bertz CT molecular complexity index is 863. The zero-order valence-corrected chi connectivity index (χ0v) is 18.2. The Balaban J connectivity index is 1.54. The average molecular weight is 437 g/mol. The number of hydrogen-bond donors (Lipinski definition) is 1. The molecule has 1 atom stereocenters. The summed E-state index contributed by atoms with van der Waals surface area (Å²) in [5.74, 6) is -1.60. The van der Waals surface area contributed by atoms with Crippen LogP contribution in [0.3, 0.4) is 0 Å². The van der Waals surface area contributed by atoms with Gasteiger partial charge < -0.3 is 14.6 Å². The topological polar surface area (TPSA) is 38.7 Å². The molecule has 0 radical (unpaired) electrons. The van der Waals surface area contributed by atoms with Crippen LogP contribution in [0, 0.1) is 23.4 Å². The summed E-state index contributed by atoms with van der Waals surface area (Å²) in [6.07, 6.45) is 3.31. The Kier molecular flexibility index (Phi) is 8.24. The maximum absolute atomic E-state index is 14.4. The highest BCUT2D eigenvalue weighted by Gasteiger charge is 2.26. The lowest BCUT2D eigenvalue weighted by Gasteiger charge is -2.29. The van der Waals surface area contributed by atoms with Gasteiger partial charge in [0.15, 0.2) is 11.6 Å². The van der Waals surface area contributed by atoms with Crippen molar-refractivity contribution in [3.8, 4) is 11.5 Å². The van der Waals surface area contributed by atoms with Crippen molar-refractivity contribution in [1.82, 2.24) is 0 Å². The van der Waals surface area contributed by atoms with Crippen molar-refractivity contribution in [3.05, 3.63) is 58.9 Å². The van der Waals surface area contributed by atoms with Gasteiger partial charge in [-0.1, -0.05) is 19.4 Å². The molecule has 0 bridgehead atoms. The van der Waals surface area contributed by atoms with Gasteiger partial charge in [0.1, 0.15) is 11.6 Å². The van der Waals surface area contributed by atoms with E-state index in [2.05, 4.69) is 0 Å². The van der Waals surface area contributed by atoms with Gasteiger partial charge in [-0.2, -0.15) is 4.39 Å². The van der Waals surface area contributed by atoms with E-state index in [-0.39, 0.29) is 35.6 Å². The second-order valence-corrected chi connectivity index (χ2v) is 8.23. The standard InChI is InChI=1S/C25H31F3O3/c1-3-5-22(29)20-12-13-23(25(28)24(20)27)31-15-16-6-8-17(9-7-16)19-11-10-18(30-4-2)14-21(19)26/h10-14,16-17,22,29H,3-9,15H2,1-2H3. The van der Waals surface area contributed by atoms with Crippen LogP contribution in [0.25, 0.3) is 0 Å². The minimum atomic E-state index is -1.06. The summed E-state index contributed by atoms with van der Waals surface area (Å²) in [4.78, 5) is 0. The molecule has 1 unspecified atom stereocenters. The number of benzene rings is 2. The van der Waals surface area contributed by atoms with Crippen LogP contribution in [0.2, 0.25) is 0 Å². The molecule has 0 aromatic heterocycles. The molecule has 0 spiro atoms. The first-order valence-corrected chi connectivity index (χ1v) is 11.2. The molecule has 31 heavy (non-hydrogen) atoms. The lowest BCUT2D eigenvalue weighted by atomic mass is 9.79. The highest BCUT2D eigenvalue weighted by Crippen LogP contribution is 2.38. The van der Waals surface area contributed by atoms with Crippen molar-refractivity contribution in [2.75, 3.05) is 13.2 Å². The minimum Gasteiger partial charge on any atom is -0.494 e. The molecule has 0 aliphatic heterocycles. The summed E-state index contributed by atoms with van der Waals surface area (Å²) in [5.41, 5.74) is 0.668. The van der Waals surface area contributed by atoms with E-state index >= 15 is 0 Å². The fraction of sp³-hybridized carbons (Fsp3) is 0.520. The average Bonchev–Trinajstić information content (AvgIpc) is 2.76. The SMILES string of the molecule is CCCC(O)c1ccc(OCC2CCC(c3ccc(OCC)cc3F)CC2)c(F)c1F. The summed E-state index contributed by atoms with van der Waals surface area (Å²) < 4.78 is 54.0. The van der Waals surface area contributed by atoms with Crippen molar-refractivity contribution >= 4 is 0 Å². The third-order valence-corrected chi connectivity index (χ3v) is 6.04. The largest absolute Gasteiger partial charge is 0.494 e. The first-order chi connectivity index (χ1) is 14.9. The summed E-state index contributed by atoms with van der Waals surface area (Å²) in [7, 11) is 0. The molecule has 0 heterocycles. The fourth-order valence-electron chi connectivity index (χ4n) is 4.29. The highest BCUT2D eigenvalue weighted by molar-refractivity contribution is 5.33. The maximum atomic E-state index is 14.4. The predicted molar refractivity (Wildman–Crippen MR) is 114 cm³/mol. The van der Waals surface area contributed by atoms with Crippen LogP contribution in [0.15, 0.2) is 30.3 Å². The molecule has 170 valence electrons. The van der Waals surface area contributed by atoms with E-state index in [1.807, 2.05) is 13.8 Å². The van der Waals surface area contributed by atoms with Gasteiger partial charge in [-0.25, -0.2) is 8.78 Å². The van der Waals surface area contributed by atoms with Gasteiger partial charge in [0, 0.05) is 11.6 Å². The lowest BCUT2D eigenvalue weighted by molar-refractivity contribution is 0.159. The van der Waals surface area contributed by atoms with E-state index < -0.39 is 17.7 Å². The number of halogens is 3. The normalized spacial score (nSPS) is 19.8. The molecular weight excluding hydrogens is 405 g/mol. The second kappa shape index (κ2) is 10.9. The van der Waals surface area contributed by atoms with E-state index in [4.69, 9.17) is 9.47 Å². The van der Waals surface area contributed by atoms with Crippen LogP contribution in [-0.2, 0) is 0 Å². The van der Waals surface area contributed by atoms with Gasteiger partial charge in [-0.3, -0.25) is 0 Å². The van der Waals surface area contributed by atoms with E-state index in [1.54, 1.807) is 12.1 Å². The van der Waals surface area contributed by atoms with Gasteiger partial charge in [0.25, 0.3) is 0 Å². The molecule has 3 rings (SSSR count). The quantitative estimate of drug-likeness (QED) is 0.476. The van der Waals surface area contributed by atoms with Gasteiger partial charge in [-0.15, -0.1) is 0 Å². The maximum Gasteiger partial charge on any atom is 0.200 e. The van der Waals surface area contributed by atoms with E-state index in [9.17, 15) is 18.3 Å². The van der Waals surface area contributed by atoms with Crippen LogP contribution in [0.1, 0.15) is 75.5 Å². The molecule has 0 saturated heterocycles. The number of aliphatic hydroxyl groups excluding tert-OH is 1. The molecule has 2 aromatic rings. The third kappa shape index (κ3) is 5.73. The summed E-state index contributed by atoms with van der Waals surface area (Å²) in [5, 5.41) is 9.95. The van der Waals surface area contributed by atoms with Gasteiger partial charge in [0.2, 0.25) is 5.82 Å². The van der Waals surface area contributed by atoms with Crippen molar-refractivity contribution in [1.29, 1.82) is 0 Å². The van der Waals surface area contributed by atoms with Crippen molar-refractivity contribution in [3.63, 3.8) is 0 Å². The van der Waals surface area contributed by atoms with Crippen LogP contribution < -0.4 is 9.47 Å². The smallest absolute Gasteiger partial charge is 0.200 e. The summed E-state index contributed by atoms with van der Waals surface area (Å²) in [6, 6.07) is 7.81. The lowest BCUT2D eigenvalue weighted by Crippen LogP contribution is -2.20. The van der Waals surface area contributed by atoms with Crippen molar-refractivity contribution in [2.24, 2.45) is 5.92 Å². The van der Waals surface area contributed by atoms with Gasteiger partial charge >= 0.3 is 0 Å². The number of aliphatic hydroxyl groups is 1. The Morgan fingerprint density at radius 3 is 2.35 bits per heavy atom. The summed E-state index contributed by atoms with van der Waals surface area (Å²) >= 11 is 0. The molecule has 1 N–H and O–H groups in total. The van der Waals surface area contributed by atoms with Gasteiger partial charge in [0.05, 0.1) is 19.3 Å². The second-order valence-electron chi connectivity index (χ2n) is 8.23. The van der Waals surface area contributed by atoms with Crippen LogP contribution in [-0.4, -0.2) is 18.3 Å². The molecule has 1 aliphatic carbocycles. The van der Waals surface area contributed by atoms with Crippen LogP contribution >= 0.6 is 0 Å². The molecule has 0 amide bonds. The predicted octanol–water partition coefficient (Wildman–Crippen LogP) is 6.69. The molecular formula is C25H31F3O3. The number of hydrogen-bond acceptors (Lipinski definition) is 3. The summed E-state index contributed by atoms with van der Waals surface area (Å²) in [6.45, 7) is 4.51. The molecule has 2 aromatic carbocycles.